The maximum absolute atomic E-state index is 11.9. The van der Waals surface area contributed by atoms with E-state index in [-0.39, 0.29) is 11.8 Å². The zero-order chi connectivity index (χ0) is 10.6. The van der Waals surface area contributed by atoms with Crippen LogP contribution in [0.2, 0.25) is 0 Å². The minimum absolute atomic E-state index is 0.0109. The van der Waals surface area contributed by atoms with Gasteiger partial charge in [-0.25, -0.2) is 0 Å². The molecule has 1 aromatic carbocycles. The molecule has 2 N–H and O–H groups in total. The number of benzene rings is 1. The summed E-state index contributed by atoms with van der Waals surface area (Å²) in [5.41, 5.74) is 6.49. The summed E-state index contributed by atoms with van der Waals surface area (Å²) in [6, 6.07) is 6.60. The van der Waals surface area contributed by atoms with Gasteiger partial charge in [-0.3, -0.25) is 0 Å². The number of nitrogens with two attached hydrogens (primary N) is 1. The highest BCUT2D eigenvalue weighted by Crippen LogP contribution is 2.16. The molecule has 1 unspecified atom stereocenters. The fourth-order valence-electron chi connectivity index (χ4n) is 1.22. The van der Waals surface area contributed by atoms with E-state index < -0.39 is 6.61 Å². The van der Waals surface area contributed by atoms with Crippen molar-refractivity contribution in [3.8, 4) is 5.75 Å². The third kappa shape index (κ3) is 3.70. The van der Waals surface area contributed by atoms with Gasteiger partial charge in [0.25, 0.3) is 0 Å². The van der Waals surface area contributed by atoms with E-state index in [2.05, 4.69) is 4.74 Å². The summed E-state index contributed by atoms with van der Waals surface area (Å²) in [6.07, 6.45) is 0.653. The molecule has 0 aliphatic heterocycles. The van der Waals surface area contributed by atoms with Gasteiger partial charge in [-0.15, -0.1) is 0 Å². The van der Waals surface area contributed by atoms with Crippen molar-refractivity contribution in [1.82, 2.24) is 0 Å². The summed E-state index contributed by atoms with van der Waals surface area (Å²) < 4.78 is 28.0. The lowest BCUT2D eigenvalue weighted by Crippen LogP contribution is -2.17. The zero-order valence-corrected chi connectivity index (χ0v) is 7.91. The number of rotatable bonds is 4. The average molecular weight is 201 g/mol. The topological polar surface area (TPSA) is 35.2 Å². The molecule has 0 heterocycles. The Morgan fingerprint density at radius 2 is 2.14 bits per heavy atom. The molecule has 0 spiro atoms. The van der Waals surface area contributed by atoms with Crippen molar-refractivity contribution in [2.24, 2.45) is 5.73 Å². The maximum Gasteiger partial charge on any atom is 0.387 e. The van der Waals surface area contributed by atoms with E-state index in [1.807, 2.05) is 13.0 Å². The standard InChI is InChI=1S/C10H13F2NO/c1-7(13)5-8-3-2-4-9(6-8)14-10(11)12/h2-4,6-7,10H,5,13H2,1H3. The van der Waals surface area contributed by atoms with Crippen molar-refractivity contribution < 1.29 is 13.5 Å². The lowest BCUT2D eigenvalue weighted by atomic mass is 10.1. The van der Waals surface area contributed by atoms with Crippen LogP contribution in [0.15, 0.2) is 24.3 Å². The average Bonchev–Trinajstić information content (AvgIpc) is 2.01. The number of hydrogen-bond donors (Lipinski definition) is 1. The van der Waals surface area contributed by atoms with E-state index in [0.717, 1.165) is 5.56 Å². The number of alkyl halides is 2. The second-order valence-corrected chi connectivity index (χ2v) is 3.21. The molecule has 0 saturated carbocycles. The number of ether oxygens (including phenoxy) is 1. The summed E-state index contributed by atoms with van der Waals surface area (Å²) in [5.74, 6) is 0.179. The fraction of sp³-hybridized carbons (Fsp3) is 0.400. The van der Waals surface area contributed by atoms with E-state index in [4.69, 9.17) is 5.73 Å². The van der Waals surface area contributed by atoms with Crippen LogP contribution >= 0.6 is 0 Å². The Morgan fingerprint density at radius 1 is 1.43 bits per heavy atom. The van der Waals surface area contributed by atoms with Crippen molar-refractivity contribution >= 4 is 0 Å². The van der Waals surface area contributed by atoms with Crippen LogP contribution < -0.4 is 10.5 Å². The Balaban J connectivity index is 2.68. The third-order valence-electron chi connectivity index (χ3n) is 1.68. The zero-order valence-electron chi connectivity index (χ0n) is 7.91. The van der Waals surface area contributed by atoms with Gasteiger partial charge >= 0.3 is 6.61 Å². The van der Waals surface area contributed by atoms with Crippen LogP contribution in [0.25, 0.3) is 0 Å². The molecule has 0 amide bonds. The summed E-state index contributed by atoms with van der Waals surface area (Å²) in [7, 11) is 0. The van der Waals surface area contributed by atoms with Crippen LogP contribution in [0.4, 0.5) is 8.78 Å². The van der Waals surface area contributed by atoms with Gasteiger partial charge in [-0.05, 0) is 31.0 Å². The van der Waals surface area contributed by atoms with Crippen LogP contribution in [0, 0.1) is 0 Å². The van der Waals surface area contributed by atoms with E-state index >= 15 is 0 Å². The summed E-state index contributed by atoms with van der Waals surface area (Å²) in [5, 5.41) is 0. The van der Waals surface area contributed by atoms with E-state index in [9.17, 15) is 8.78 Å². The molecule has 2 nitrogen and oxygen atoms in total. The molecule has 1 atom stereocenters. The largest absolute Gasteiger partial charge is 0.435 e. The normalized spacial score (nSPS) is 12.9. The molecule has 0 aromatic heterocycles. The van der Waals surface area contributed by atoms with Crippen LogP contribution in [0.3, 0.4) is 0 Å². The van der Waals surface area contributed by atoms with Crippen molar-refractivity contribution in [3.05, 3.63) is 29.8 Å². The Morgan fingerprint density at radius 3 is 2.71 bits per heavy atom. The second kappa shape index (κ2) is 4.91. The monoisotopic (exact) mass is 201 g/mol. The first-order valence-corrected chi connectivity index (χ1v) is 4.37. The van der Waals surface area contributed by atoms with Crippen molar-refractivity contribution in [1.29, 1.82) is 0 Å². The molecule has 0 aliphatic rings. The first-order chi connectivity index (χ1) is 6.58. The van der Waals surface area contributed by atoms with Crippen LogP contribution in [0.5, 0.6) is 5.75 Å². The smallest absolute Gasteiger partial charge is 0.387 e. The molecule has 0 fully saturated rings. The molecule has 14 heavy (non-hydrogen) atoms. The highest BCUT2D eigenvalue weighted by Gasteiger charge is 2.05. The van der Waals surface area contributed by atoms with E-state index in [1.54, 1.807) is 12.1 Å². The van der Waals surface area contributed by atoms with E-state index in [0.29, 0.717) is 6.42 Å². The fourth-order valence-corrected chi connectivity index (χ4v) is 1.22. The molecular weight excluding hydrogens is 188 g/mol. The van der Waals surface area contributed by atoms with Crippen molar-refractivity contribution in [3.63, 3.8) is 0 Å². The number of hydrogen-bond acceptors (Lipinski definition) is 2. The molecule has 78 valence electrons. The first-order valence-electron chi connectivity index (χ1n) is 4.37. The highest BCUT2D eigenvalue weighted by atomic mass is 19.3. The molecule has 0 radical (unpaired) electrons. The van der Waals surface area contributed by atoms with Gasteiger partial charge < -0.3 is 10.5 Å². The van der Waals surface area contributed by atoms with Gasteiger partial charge in [0.1, 0.15) is 5.75 Å². The minimum Gasteiger partial charge on any atom is -0.435 e. The number of halogens is 2. The molecule has 4 heteroatoms. The molecule has 0 saturated heterocycles. The van der Waals surface area contributed by atoms with Gasteiger partial charge in [0.05, 0.1) is 0 Å². The summed E-state index contributed by atoms with van der Waals surface area (Å²) >= 11 is 0. The maximum atomic E-state index is 11.9. The second-order valence-electron chi connectivity index (χ2n) is 3.21. The molecule has 0 aliphatic carbocycles. The van der Waals surface area contributed by atoms with Gasteiger partial charge in [-0.2, -0.15) is 8.78 Å². The van der Waals surface area contributed by atoms with Gasteiger partial charge in [0.2, 0.25) is 0 Å². The van der Waals surface area contributed by atoms with E-state index in [1.165, 1.54) is 6.07 Å². The molecule has 0 bridgehead atoms. The quantitative estimate of drug-likeness (QED) is 0.810. The Bertz CT molecular complexity index is 264. The van der Waals surface area contributed by atoms with Crippen molar-refractivity contribution in [2.75, 3.05) is 0 Å². The minimum atomic E-state index is -2.78. The lowest BCUT2D eigenvalue weighted by Gasteiger charge is -2.08. The van der Waals surface area contributed by atoms with Crippen LogP contribution in [-0.2, 0) is 6.42 Å². The Hall–Kier alpha value is -1.16. The summed E-state index contributed by atoms with van der Waals surface area (Å²) in [4.78, 5) is 0. The lowest BCUT2D eigenvalue weighted by molar-refractivity contribution is -0.0498. The predicted molar refractivity (Wildman–Crippen MR) is 50.4 cm³/mol. The van der Waals surface area contributed by atoms with Crippen molar-refractivity contribution in [2.45, 2.75) is 26.0 Å². The van der Waals surface area contributed by atoms with Crippen LogP contribution in [-0.4, -0.2) is 12.7 Å². The SMILES string of the molecule is CC(N)Cc1cccc(OC(F)F)c1. The Labute approximate surface area is 81.7 Å². The molecule has 1 aromatic rings. The first kappa shape index (κ1) is 10.9. The highest BCUT2D eigenvalue weighted by molar-refractivity contribution is 5.28. The predicted octanol–water partition coefficient (Wildman–Crippen LogP) is 2.18. The van der Waals surface area contributed by atoms with Gasteiger partial charge in [-0.1, -0.05) is 12.1 Å². The van der Waals surface area contributed by atoms with Gasteiger partial charge in [0, 0.05) is 6.04 Å². The Kier molecular flexibility index (Phi) is 3.83. The molecular formula is C10H13F2NO. The summed E-state index contributed by atoms with van der Waals surface area (Å²) in [6.45, 7) is -0.916. The van der Waals surface area contributed by atoms with Crippen LogP contribution in [0.1, 0.15) is 12.5 Å². The third-order valence-corrected chi connectivity index (χ3v) is 1.68. The van der Waals surface area contributed by atoms with Gasteiger partial charge in [0.15, 0.2) is 0 Å². The molecule has 1 rings (SSSR count).